The molecule has 556 valence electrons. The van der Waals surface area contributed by atoms with Gasteiger partial charge >= 0.3 is 39.5 Å². The Balaban J connectivity index is 5.44. The molecule has 0 spiro atoms. The maximum absolute atomic E-state index is 13.1. The molecule has 0 aromatic heterocycles. The van der Waals surface area contributed by atoms with Crippen LogP contribution in [0.1, 0.15) is 259 Å². The fraction of sp³-hybridized carbons (Fsp3) is 0.620. The third-order valence-electron chi connectivity index (χ3n) is 14.5. The summed E-state index contributed by atoms with van der Waals surface area (Å²) in [6.07, 6.45) is 79.9. The summed E-state index contributed by atoms with van der Waals surface area (Å²) in [5.74, 6) is -2.36. The fourth-order valence-corrected chi connectivity index (χ4v) is 10.5. The van der Waals surface area contributed by atoms with Crippen molar-refractivity contribution in [3.8, 4) is 0 Å². The standard InChI is InChI=1S/C79H128O17P2/c1-5-9-13-17-21-25-29-32-34-35-36-37-39-42-45-48-52-56-60-64-77(82)90-70-75(96-79(84)66-62-58-54-50-46-40-31-27-23-19-15-11-7-3)72-94-98(87,88)92-68-73(80)67-91-97(85,86)93-71-74(95-78(83)65-61-57-53-49-43-28-24-20-16-12-8-4)69-89-76(81)63-59-55-51-47-44-41-38-33-30-26-22-18-14-10-6-2/h9-10,13-15,19-22,24-27,31-34,36-38,42,44-45,47,52,56,73-75,80H,5-8,11-12,16-18,23,28-30,35,39-41,43,46,48-51,53-55,57-72H2,1-4H3,(H,85,86)(H,87,88)/b13-9-,14-10-,19-15-,24-20-,25-21-,26-22-,31-27-,34-32-,37-36-,38-33-,45-42-,47-44-,56-52-. The molecule has 5 unspecified atom stereocenters. The molecule has 0 aromatic rings. The van der Waals surface area contributed by atoms with Crippen LogP contribution in [0.4, 0.5) is 0 Å². The molecule has 0 rings (SSSR count). The number of carbonyl (C=O) groups is 4. The van der Waals surface area contributed by atoms with E-state index < -0.39 is 97.5 Å². The van der Waals surface area contributed by atoms with E-state index in [0.717, 1.165) is 161 Å². The number of aliphatic hydroxyl groups excluding tert-OH is 1. The smallest absolute Gasteiger partial charge is 0.462 e. The second kappa shape index (κ2) is 70.1. The van der Waals surface area contributed by atoms with E-state index in [4.69, 9.17) is 37.0 Å². The van der Waals surface area contributed by atoms with E-state index in [0.29, 0.717) is 32.1 Å². The van der Waals surface area contributed by atoms with Crippen molar-refractivity contribution in [1.29, 1.82) is 0 Å². The first-order valence-corrected chi connectivity index (χ1v) is 39.7. The molecular weight excluding hydrogens is 1280 g/mol. The predicted molar refractivity (Wildman–Crippen MR) is 399 cm³/mol. The number of aliphatic hydroxyl groups is 1. The second-order valence-electron chi connectivity index (χ2n) is 23.8. The molecule has 0 heterocycles. The Morgan fingerprint density at radius 2 is 0.571 bits per heavy atom. The van der Waals surface area contributed by atoms with Gasteiger partial charge in [0.05, 0.1) is 26.4 Å². The van der Waals surface area contributed by atoms with Crippen molar-refractivity contribution in [3.63, 3.8) is 0 Å². The second-order valence-corrected chi connectivity index (χ2v) is 26.7. The quantitative estimate of drug-likeness (QED) is 0.0169. The number of carbonyl (C=O) groups excluding carboxylic acids is 4. The van der Waals surface area contributed by atoms with Gasteiger partial charge in [-0.3, -0.25) is 37.3 Å². The van der Waals surface area contributed by atoms with Crippen LogP contribution >= 0.6 is 15.6 Å². The van der Waals surface area contributed by atoms with Crippen LogP contribution in [0.15, 0.2) is 158 Å². The Morgan fingerprint density at radius 1 is 0.296 bits per heavy atom. The molecule has 0 saturated carbocycles. The van der Waals surface area contributed by atoms with Crippen molar-refractivity contribution in [2.75, 3.05) is 39.6 Å². The molecule has 0 bridgehead atoms. The zero-order valence-corrected chi connectivity index (χ0v) is 62.2. The molecular formula is C79H128O17P2. The van der Waals surface area contributed by atoms with Gasteiger partial charge in [-0.2, -0.15) is 0 Å². The molecule has 19 heteroatoms. The SMILES string of the molecule is CC/C=C\C/C=C\C/C=C\C/C=C\C/C=C\C/C=C\CCC(=O)OCC(COP(=O)(O)OCC(O)COP(=O)(O)OCC(COC(=O)CCCC/C=C\C/C=C\C/C=C\C/C=C\CC)OC(=O)CCCCCCC/C=C\CCCC)OC(=O)CCCCCCC/C=C\C/C=C\CCC. The van der Waals surface area contributed by atoms with Crippen LogP contribution in [0, 0.1) is 0 Å². The van der Waals surface area contributed by atoms with Gasteiger partial charge < -0.3 is 33.8 Å². The number of unbranched alkanes of at least 4 members (excludes halogenated alkanes) is 15. The minimum Gasteiger partial charge on any atom is -0.462 e. The molecule has 98 heavy (non-hydrogen) atoms. The molecule has 0 saturated heterocycles. The molecule has 0 aliphatic carbocycles. The molecule has 0 aliphatic rings. The lowest BCUT2D eigenvalue weighted by molar-refractivity contribution is -0.161. The van der Waals surface area contributed by atoms with Gasteiger partial charge in [0, 0.05) is 25.7 Å². The lowest BCUT2D eigenvalue weighted by Crippen LogP contribution is -2.30. The third kappa shape index (κ3) is 69.2. The lowest BCUT2D eigenvalue weighted by Gasteiger charge is -2.21. The van der Waals surface area contributed by atoms with Crippen molar-refractivity contribution >= 4 is 39.5 Å². The van der Waals surface area contributed by atoms with Crippen molar-refractivity contribution in [2.24, 2.45) is 0 Å². The summed E-state index contributed by atoms with van der Waals surface area (Å²) in [6.45, 7) is 4.34. The van der Waals surface area contributed by atoms with Crippen molar-refractivity contribution in [3.05, 3.63) is 158 Å². The third-order valence-corrected chi connectivity index (χ3v) is 16.4. The highest BCUT2D eigenvalue weighted by Gasteiger charge is 2.30. The van der Waals surface area contributed by atoms with Gasteiger partial charge in [-0.05, 0) is 148 Å². The Kier molecular flexibility index (Phi) is 66.3. The van der Waals surface area contributed by atoms with Crippen LogP contribution in [-0.2, 0) is 65.4 Å². The predicted octanol–water partition coefficient (Wildman–Crippen LogP) is 20.9. The number of hydrogen-bond acceptors (Lipinski definition) is 15. The summed E-state index contributed by atoms with van der Waals surface area (Å²) in [5.41, 5.74) is 0. The number of allylic oxidation sites excluding steroid dienone is 26. The number of rotatable bonds is 67. The lowest BCUT2D eigenvalue weighted by atomic mass is 10.1. The molecule has 0 aliphatic heterocycles. The highest BCUT2D eigenvalue weighted by Crippen LogP contribution is 2.45. The molecule has 0 fully saturated rings. The van der Waals surface area contributed by atoms with E-state index in [9.17, 15) is 43.2 Å². The first-order chi connectivity index (χ1) is 47.7. The van der Waals surface area contributed by atoms with Gasteiger partial charge in [0.25, 0.3) is 0 Å². The highest BCUT2D eigenvalue weighted by atomic mass is 31.2. The number of ether oxygens (including phenoxy) is 4. The zero-order chi connectivity index (χ0) is 71.8. The molecule has 0 aromatic carbocycles. The summed E-state index contributed by atoms with van der Waals surface area (Å²) in [7, 11) is -9.99. The van der Waals surface area contributed by atoms with Gasteiger partial charge in [-0.1, -0.05) is 243 Å². The van der Waals surface area contributed by atoms with Gasteiger partial charge in [0.15, 0.2) is 12.2 Å². The summed E-state index contributed by atoms with van der Waals surface area (Å²) in [5, 5.41) is 10.6. The van der Waals surface area contributed by atoms with Crippen LogP contribution in [0.3, 0.4) is 0 Å². The van der Waals surface area contributed by atoms with Gasteiger partial charge in [0.1, 0.15) is 19.3 Å². The van der Waals surface area contributed by atoms with Gasteiger partial charge in [-0.25, -0.2) is 9.13 Å². The maximum atomic E-state index is 13.1. The van der Waals surface area contributed by atoms with Crippen molar-refractivity contribution < 1.29 is 80.2 Å². The topological polar surface area (TPSA) is 237 Å². The fourth-order valence-electron chi connectivity index (χ4n) is 8.90. The Labute approximate surface area is 591 Å². The first kappa shape index (κ1) is 92.7. The normalized spacial score (nSPS) is 14.9. The first-order valence-electron chi connectivity index (χ1n) is 36.7. The van der Waals surface area contributed by atoms with E-state index in [1.54, 1.807) is 0 Å². The Hall–Kier alpha value is -5.32. The zero-order valence-electron chi connectivity index (χ0n) is 60.4. The van der Waals surface area contributed by atoms with E-state index >= 15 is 0 Å². The minimum absolute atomic E-state index is 0.0273. The average molecular weight is 1410 g/mol. The Bertz CT molecular complexity index is 2480. The summed E-state index contributed by atoms with van der Waals surface area (Å²) >= 11 is 0. The van der Waals surface area contributed by atoms with Crippen molar-refractivity contribution in [1.82, 2.24) is 0 Å². The number of hydrogen-bond donors (Lipinski definition) is 3. The molecule has 17 nitrogen and oxygen atoms in total. The van der Waals surface area contributed by atoms with E-state index in [2.05, 4.69) is 167 Å². The molecule has 0 amide bonds. The van der Waals surface area contributed by atoms with Crippen LogP contribution in [0.2, 0.25) is 0 Å². The molecule has 0 radical (unpaired) electrons. The van der Waals surface area contributed by atoms with Crippen molar-refractivity contribution in [2.45, 2.75) is 277 Å². The summed E-state index contributed by atoms with van der Waals surface area (Å²) in [6, 6.07) is 0. The number of esters is 4. The summed E-state index contributed by atoms with van der Waals surface area (Å²) in [4.78, 5) is 72.7. The summed E-state index contributed by atoms with van der Waals surface area (Å²) < 4.78 is 68.2. The molecule has 3 N–H and O–H groups in total. The van der Waals surface area contributed by atoms with Crippen LogP contribution in [-0.4, -0.2) is 96.7 Å². The van der Waals surface area contributed by atoms with E-state index in [1.165, 1.54) is 12.8 Å². The Morgan fingerprint density at radius 3 is 0.949 bits per heavy atom. The van der Waals surface area contributed by atoms with E-state index in [-0.39, 0.29) is 25.7 Å². The number of phosphoric ester groups is 2. The molecule has 5 atom stereocenters. The minimum atomic E-state index is -5.00. The maximum Gasteiger partial charge on any atom is 0.472 e. The van der Waals surface area contributed by atoms with Crippen LogP contribution in [0.25, 0.3) is 0 Å². The largest absolute Gasteiger partial charge is 0.472 e. The number of phosphoric acid groups is 2. The highest BCUT2D eigenvalue weighted by molar-refractivity contribution is 7.47. The average Bonchev–Trinajstić information content (AvgIpc) is 0.972. The van der Waals surface area contributed by atoms with E-state index in [1.807, 2.05) is 18.2 Å². The van der Waals surface area contributed by atoms with Gasteiger partial charge in [-0.15, -0.1) is 0 Å². The van der Waals surface area contributed by atoms with Crippen LogP contribution < -0.4 is 0 Å². The van der Waals surface area contributed by atoms with Gasteiger partial charge in [0.2, 0.25) is 0 Å². The van der Waals surface area contributed by atoms with Crippen LogP contribution in [0.5, 0.6) is 0 Å². The monoisotopic (exact) mass is 1410 g/mol.